The second-order valence-corrected chi connectivity index (χ2v) is 6.39. The lowest BCUT2D eigenvalue weighted by Gasteiger charge is -2.11. The SMILES string of the molecule is CCCCCCCCCCCCOc1ccc(C(=O)OC)cc1OC. The van der Waals surface area contributed by atoms with E-state index in [1.165, 1.54) is 64.9 Å². The van der Waals surface area contributed by atoms with Crippen LogP contribution in [-0.4, -0.2) is 26.8 Å². The van der Waals surface area contributed by atoms with Gasteiger partial charge in [0.05, 0.1) is 26.4 Å². The van der Waals surface area contributed by atoms with Gasteiger partial charge in [0.25, 0.3) is 0 Å². The Morgan fingerprint density at radius 1 is 0.840 bits per heavy atom. The lowest BCUT2D eigenvalue weighted by Crippen LogP contribution is -2.04. The summed E-state index contributed by atoms with van der Waals surface area (Å²) in [6.07, 6.45) is 13.0. The third-order valence-corrected chi connectivity index (χ3v) is 4.34. The van der Waals surface area contributed by atoms with E-state index in [-0.39, 0.29) is 5.97 Å². The van der Waals surface area contributed by atoms with E-state index >= 15 is 0 Å². The molecule has 0 radical (unpaired) electrons. The molecule has 1 aromatic carbocycles. The minimum absolute atomic E-state index is 0.375. The van der Waals surface area contributed by atoms with Crippen molar-refractivity contribution in [3.8, 4) is 11.5 Å². The van der Waals surface area contributed by atoms with Crippen LogP contribution in [0.4, 0.5) is 0 Å². The Bertz CT molecular complexity index is 485. The molecule has 0 aliphatic rings. The third kappa shape index (κ3) is 8.80. The summed E-state index contributed by atoms with van der Waals surface area (Å²) in [5.41, 5.74) is 0.464. The fraction of sp³-hybridized carbons (Fsp3) is 0.667. The van der Waals surface area contributed by atoms with Gasteiger partial charge in [0.1, 0.15) is 0 Å². The Labute approximate surface area is 152 Å². The van der Waals surface area contributed by atoms with Crippen LogP contribution in [0.15, 0.2) is 18.2 Å². The van der Waals surface area contributed by atoms with Crippen molar-refractivity contribution in [2.45, 2.75) is 71.1 Å². The maximum Gasteiger partial charge on any atom is 0.337 e. The second kappa shape index (κ2) is 13.6. The molecule has 0 N–H and O–H groups in total. The summed E-state index contributed by atoms with van der Waals surface area (Å²) < 4.78 is 15.8. The molecule has 142 valence electrons. The van der Waals surface area contributed by atoms with Crippen LogP contribution in [0.3, 0.4) is 0 Å². The van der Waals surface area contributed by atoms with Gasteiger partial charge in [0.15, 0.2) is 11.5 Å². The van der Waals surface area contributed by atoms with Crippen LogP contribution in [0.25, 0.3) is 0 Å². The monoisotopic (exact) mass is 350 g/mol. The molecule has 0 saturated carbocycles. The van der Waals surface area contributed by atoms with Crippen LogP contribution in [-0.2, 0) is 4.74 Å². The zero-order chi connectivity index (χ0) is 18.3. The Morgan fingerprint density at radius 2 is 1.44 bits per heavy atom. The quantitative estimate of drug-likeness (QED) is 0.315. The van der Waals surface area contributed by atoms with Gasteiger partial charge in [0.2, 0.25) is 0 Å². The van der Waals surface area contributed by atoms with Crippen LogP contribution >= 0.6 is 0 Å². The summed E-state index contributed by atoms with van der Waals surface area (Å²) in [6.45, 7) is 2.93. The molecule has 0 bridgehead atoms. The van der Waals surface area contributed by atoms with Gasteiger partial charge in [0, 0.05) is 0 Å². The summed E-state index contributed by atoms with van der Waals surface area (Å²) in [5.74, 6) is 0.862. The summed E-state index contributed by atoms with van der Waals surface area (Å²) >= 11 is 0. The molecule has 0 spiro atoms. The lowest BCUT2D eigenvalue weighted by atomic mass is 10.1. The number of carbonyl (C=O) groups excluding carboxylic acids is 1. The van der Waals surface area contributed by atoms with E-state index < -0.39 is 0 Å². The van der Waals surface area contributed by atoms with Crippen molar-refractivity contribution in [1.29, 1.82) is 0 Å². The molecular weight excluding hydrogens is 316 g/mol. The number of hydrogen-bond acceptors (Lipinski definition) is 4. The molecular formula is C21H34O4. The van der Waals surface area contributed by atoms with Crippen molar-refractivity contribution >= 4 is 5.97 Å². The van der Waals surface area contributed by atoms with E-state index in [1.807, 2.05) is 0 Å². The van der Waals surface area contributed by atoms with E-state index in [9.17, 15) is 4.79 Å². The largest absolute Gasteiger partial charge is 0.493 e. The first-order valence-electron chi connectivity index (χ1n) is 9.62. The summed E-state index contributed by atoms with van der Waals surface area (Å²) in [5, 5.41) is 0. The topological polar surface area (TPSA) is 44.8 Å². The fourth-order valence-electron chi connectivity index (χ4n) is 2.80. The highest BCUT2D eigenvalue weighted by atomic mass is 16.5. The molecule has 0 aliphatic heterocycles. The highest BCUT2D eigenvalue weighted by Crippen LogP contribution is 2.28. The molecule has 4 nitrogen and oxygen atoms in total. The van der Waals surface area contributed by atoms with Crippen LogP contribution < -0.4 is 9.47 Å². The molecule has 0 saturated heterocycles. The Kier molecular flexibility index (Phi) is 11.6. The van der Waals surface area contributed by atoms with Gasteiger partial charge in [-0.3, -0.25) is 0 Å². The minimum atomic E-state index is -0.375. The van der Waals surface area contributed by atoms with Gasteiger partial charge in [-0.1, -0.05) is 64.7 Å². The predicted octanol–water partition coefficient (Wildman–Crippen LogP) is 5.78. The smallest absolute Gasteiger partial charge is 0.337 e. The van der Waals surface area contributed by atoms with Crippen molar-refractivity contribution < 1.29 is 19.0 Å². The van der Waals surface area contributed by atoms with E-state index in [1.54, 1.807) is 25.3 Å². The molecule has 0 fully saturated rings. The predicted molar refractivity (Wildman–Crippen MR) is 102 cm³/mol. The van der Waals surface area contributed by atoms with Gasteiger partial charge >= 0.3 is 5.97 Å². The minimum Gasteiger partial charge on any atom is -0.493 e. The number of benzene rings is 1. The number of rotatable bonds is 14. The first kappa shape index (κ1) is 21.3. The molecule has 0 aromatic heterocycles. The van der Waals surface area contributed by atoms with Gasteiger partial charge in [-0.25, -0.2) is 4.79 Å². The molecule has 0 unspecified atom stereocenters. The lowest BCUT2D eigenvalue weighted by molar-refractivity contribution is 0.0600. The highest BCUT2D eigenvalue weighted by molar-refractivity contribution is 5.90. The number of carbonyl (C=O) groups is 1. The van der Waals surface area contributed by atoms with Gasteiger partial charge in [-0.15, -0.1) is 0 Å². The molecule has 1 rings (SSSR count). The zero-order valence-corrected chi connectivity index (χ0v) is 16.1. The molecule has 0 heterocycles. The van der Waals surface area contributed by atoms with Gasteiger partial charge in [-0.05, 0) is 24.6 Å². The maximum absolute atomic E-state index is 11.5. The maximum atomic E-state index is 11.5. The average Bonchev–Trinajstić information content (AvgIpc) is 2.65. The van der Waals surface area contributed by atoms with Crippen LogP contribution in [0.1, 0.15) is 81.5 Å². The molecule has 25 heavy (non-hydrogen) atoms. The summed E-state index contributed by atoms with van der Waals surface area (Å²) in [6, 6.07) is 5.11. The summed E-state index contributed by atoms with van der Waals surface area (Å²) in [7, 11) is 2.94. The first-order chi connectivity index (χ1) is 12.2. The van der Waals surface area contributed by atoms with E-state index in [4.69, 9.17) is 14.2 Å². The first-order valence-corrected chi connectivity index (χ1v) is 9.62. The van der Waals surface area contributed by atoms with Crippen LogP contribution in [0.5, 0.6) is 11.5 Å². The number of methoxy groups -OCH3 is 2. The van der Waals surface area contributed by atoms with Crippen molar-refractivity contribution in [2.24, 2.45) is 0 Å². The molecule has 0 atom stereocenters. The molecule has 0 amide bonds. The van der Waals surface area contributed by atoms with Gasteiger partial charge in [-0.2, -0.15) is 0 Å². The van der Waals surface area contributed by atoms with E-state index in [0.29, 0.717) is 23.7 Å². The zero-order valence-electron chi connectivity index (χ0n) is 16.1. The van der Waals surface area contributed by atoms with Crippen molar-refractivity contribution in [3.05, 3.63) is 23.8 Å². The Hall–Kier alpha value is -1.71. The van der Waals surface area contributed by atoms with Crippen LogP contribution in [0, 0.1) is 0 Å². The normalized spacial score (nSPS) is 10.5. The number of hydrogen-bond donors (Lipinski definition) is 0. The highest BCUT2D eigenvalue weighted by Gasteiger charge is 2.11. The summed E-state index contributed by atoms with van der Waals surface area (Å²) in [4.78, 5) is 11.5. The molecule has 0 aliphatic carbocycles. The molecule has 4 heteroatoms. The van der Waals surface area contributed by atoms with E-state index in [2.05, 4.69) is 6.92 Å². The van der Waals surface area contributed by atoms with Crippen LogP contribution in [0.2, 0.25) is 0 Å². The second-order valence-electron chi connectivity index (χ2n) is 6.39. The Balaban J connectivity index is 2.16. The van der Waals surface area contributed by atoms with Crippen molar-refractivity contribution in [2.75, 3.05) is 20.8 Å². The number of unbranched alkanes of at least 4 members (excludes halogenated alkanes) is 9. The van der Waals surface area contributed by atoms with E-state index in [0.717, 1.165) is 6.42 Å². The number of esters is 1. The fourth-order valence-corrected chi connectivity index (χ4v) is 2.80. The molecule has 1 aromatic rings. The average molecular weight is 350 g/mol. The third-order valence-electron chi connectivity index (χ3n) is 4.34. The Morgan fingerprint density at radius 3 is 2.00 bits per heavy atom. The standard InChI is InChI=1S/C21H34O4/c1-4-5-6-7-8-9-10-11-12-13-16-25-19-15-14-18(21(22)24-3)17-20(19)23-2/h14-15,17H,4-13,16H2,1-3H3. The number of ether oxygens (including phenoxy) is 3. The van der Waals surface area contributed by atoms with Crippen molar-refractivity contribution in [3.63, 3.8) is 0 Å². The van der Waals surface area contributed by atoms with Crippen molar-refractivity contribution in [1.82, 2.24) is 0 Å². The van der Waals surface area contributed by atoms with Gasteiger partial charge < -0.3 is 14.2 Å².